The fourth-order valence-electron chi connectivity index (χ4n) is 5.99. The van der Waals surface area contributed by atoms with Crippen LogP contribution in [0.25, 0.3) is 6.08 Å². The van der Waals surface area contributed by atoms with Gasteiger partial charge >= 0.3 is 0 Å². The fraction of sp³-hybridized carbons (Fsp3) is 0.364. The number of nitrogens with zero attached hydrogens (tertiary/aromatic N) is 4. The summed E-state index contributed by atoms with van der Waals surface area (Å²) in [7, 11) is 0. The van der Waals surface area contributed by atoms with E-state index in [2.05, 4.69) is 46.0 Å². The van der Waals surface area contributed by atoms with Crippen LogP contribution in [0.15, 0.2) is 77.8 Å². The number of hydrogen-bond acceptors (Lipinski definition) is 5. The number of anilines is 1. The van der Waals surface area contributed by atoms with Crippen LogP contribution in [-0.2, 0) is 11.3 Å². The van der Waals surface area contributed by atoms with Crippen molar-refractivity contribution in [1.29, 1.82) is 0 Å². The predicted molar refractivity (Wildman–Crippen MR) is 162 cm³/mol. The smallest absolute Gasteiger partial charge is 0.260 e. The average molecular weight is 553 g/mol. The molecule has 2 atom stereocenters. The molecular formula is C33H36N4O2S. The fourth-order valence-corrected chi connectivity index (χ4v) is 7.46. The predicted octanol–water partition coefficient (Wildman–Crippen LogP) is 5.78. The summed E-state index contributed by atoms with van der Waals surface area (Å²) < 4.78 is 0. The number of aryl methyl sites for hydroxylation is 1. The minimum Gasteiger partial charge on any atom is -0.353 e. The summed E-state index contributed by atoms with van der Waals surface area (Å²) in [5.74, 6) is 1.14. The van der Waals surface area contributed by atoms with Gasteiger partial charge in [-0.25, -0.2) is 4.98 Å². The Kier molecular flexibility index (Phi) is 7.91. The SMILES string of the molecule is Cc1ccc(CN2C(=O)/C(=C\c3ccc(C(=O)N4CCN(c5ccccn5)CC4)cc3)SC3CCCCC32)cc1. The van der Waals surface area contributed by atoms with Crippen LogP contribution in [-0.4, -0.2) is 64.1 Å². The van der Waals surface area contributed by atoms with Crippen LogP contribution < -0.4 is 4.90 Å². The van der Waals surface area contributed by atoms with Crippen molar-refractivity contribution < 1.29 is 9.59 Å². The van der Waals surface area contributed by atoms with Crippen molar-refractivity contribution in [2.45, 2.75) is 50.4 Å². The Labute approximate surface area is 241 Å². The van der Waals surface area contributed by atoms with E-state index < -0.39 is 0 Å². The molecule has 3 aromatic rings. The largest absolute Gasteiger partial charge is 0.353 e. The topological polar surface area (TPSA) is 56.8 Å². The van der Waals surface area contributed by atoms with Crippen molar-refractivity contribution in [2.75, 3.05) is 31.1 Å². The summed E-state index contributed by atoms with van der Waals surface area (Å²) in [6.07, 6.45) is 8.45. The lowest BCUT2D eigenvalue weighted by molar-refractivity contribution is -0.130. The van der Waals surface area contributed by atoms with E-state index in [1.54, 1.807) is 18.0 Å². The van der Waals surface area contributed by atoms with Crippen LogP contribution in [0.1, 0.15) is 52.7 Å². The van der Waals surface area contributed by atoms with Gasteiger partial charge < -0.3 is 14.7 Å². The zero-order chi connectivity index (χ0) is 27.5. The number of pyridine rings is 1. The van der Waals surface area contributed by atoms with Crippen LogP contribution in [0.2, 0.25) is 0 Å². The molecule has 2 aliphatic heterocycles. The molecule has 6 nitrogen and oxygen atoms in total. The molecule has 2 saturated heterocycles. The third-order valence-electron chi connectivity index (χ3n) is 8.29. The third kappa shape index (κ3) is 5.80. The second-order valence-corrected chi connectivity index (χ2v) is 12.3. The number of benzene rings is 2. The second kappa shape index (κ2) is 11.9. The molecule has 0 radical (unpaired) electrons. The van der Waals surface area contributed by atoms with E-state index in [1.165, 1.54) is 24.0 Å². The zero-order valence-corrected chi connectivity index (χ0v) is 23.9. The molecule has 6 rings (SSSR count). The number of piperazine rings is 1. The number of aromatic nitrogens is 1. The zero-order valence-electron chi connectivity index (χ0n) is 23.0. The molecule has 1 aromatic heterocycles. The average Bonchev–Trinajstić information content (AvgIpc) is 3.01. The summed E-state index contributed by atoms with van der Waals surface area (Å²) in [5, 5.41) is 0.439. The van der Waals surface area contributed by atoms with Gasteiger partial charge in [0.15, 0.2) is 0 Å². The maximum Gasteiger partial charge on any atom is 0.260 e. The van der Waals surface area contributed by atoms with E-state index in [9.17, 15) is 9.59 Å². The lowest BCUT2D eigenvalue weighted by atomic mass is 9.92. The molecule has 0 N–H and O–H groups in total. The summed E-state index contributed by atoms with van der Waals surface area (Å²) in [6.45, 7) is 5.63. The molecule has 2 unspecified atom stereocenters. The van der Waals surface area contributed by atoms with Gasteiger partial charge in [-0.3, -0.25) is 9.59 Å². The van der Waals surface area contributed by atoms with Crippen LogP contribution in [0.3, 0.4) is 0 Å². The maximum absolute atomic E-state index is 13.7. The van der Waals surface area contributed by atoms with Crippen molar-refractivity contribution in [3.63, 3.8) is 0 Å². The molecule has 40 heavy (non-hydrogen) atoms. The summed E-state index contributed by atoms with van der Waals surface area (Å²) in [4.78, 5) is 38.4. The minimum atomic E-state index is 0.0531. The number of carbonyl (C=O) groups excluding carboxylic acids is 2. The lowest BCUT2D eigenvalue weighted by Gasteiger charge is -2.44. The van der Waals surface area contributed by atoms with E-state index >= 15 is 0 Å². The Hall–Kier alpha value is -3.58. The van der Waals surface area contributed by atoms with E-state index in [4.69, 9.17) is 0 Å². The van der Waals surface area contributed by atoms with Crippen molar-refractivity contribution in [3.05, 3.63) is 100 Å². The molecule has 0 bridgehead atoms. The number of carbonyl (C=O) groups is 2. The van der Waals surface area contributed by atoms with Gasteiger partial charge in [0.25, 0.3) is 11.8 Å². The molecule has 0 spiro atoms. The van der Waals surface area contributed by atoms with Crippen molar-refractivity contribution in [3.8, 4) is 0 Å². The number of fused-ring (bicyclic) bond motifs is 1. The van der Waals surface area contributed by atoms with E-state index in [-0.39, 0.29) is 11.8 Å². The molecule has 2 amide bonds. The van der Waals surface area contributed by atoms with Crippen LogP contribution >= 0.6 is 11.8 Å². The molecule has 3 aliphatic rings. The number of thioether (sulfide) groups is 1. The van der Waals surface area contributed by atoms with Gasteiger partial charge in [-0.15, -0.1) is 11.8 Å². The first kappa shape index (κ1) is 26.6. The first-order chi connectivity index (χ1) is 19.5. The summed E-state index contributed by atoms with van der Waals surface area (Å²) in [6, 6.07) is 22.5. The molecular weight excluding hydrogens is 516 g/mol. The first-order valence-electron chi connectivity index (χ1n) is 14.4. The van der Waals surface area contributed by atoms with Crippen molar-refractivity contribution in [2.24, 2.45) is 0 Å². The Balaban J connectivity index is 1.14. The Morgan fingerprint density at radius 2 is 1.70 bits per heavy atom. The van der Waals surface area contributed by atoms with Gasteiger partial charge in [-0.1, -0.05) is 60.9 Å². The molecule has 206 valence electrons. The Morgan fingerprint density at radius 3 is 2.42 bits per heavy atom. The monoisotopic (exact) mass is 552 g/mol. The molecule has 2 aromatic carbocycles. The van der Waals surface area contributed by atoms with Gasteiger partial charge in [-0.2, -0.15) is 0 Å². The summed E-state index contributed by atoms with van der Waals surface area (Å²) >= 11 is 1.75. The third-order valence-corrected chi connectivity index (χ3v) is 9.69. The van der Waals surface area contributed by atoms with Crippen LogP contribution in [0, 0.1) is 6.92 Å². The Bertz CT molecular complexity index is 1370. The van der Waals surface area contributed by atoms with Crippen LogP contribution in [0.5, 0.6) is 0 Å². The van der Waals surface area contributed by atoms with Gasteiger partial charge in [0.2, 0.25) is 0 Å². The number of hydrogen-bond donors (Lipinski definition) is 0. The van der Waals surface area contributed by atoms with Gasteiger partial charge in [0.1, 0.15) is 5.82 Å². The highest BCUT2D eigenvalue weighted by molar-refractivity contribution is 8.04. The molecule has 1 saturated carbocycles. The van der Waals surface area contributed by atoms with Crippen molar-refractivity contribution in [1.82, 2.24) is 14.8 Å². The molecule has 7 heteroatoms. The van der Waals surface area contributed by atoms with Gasteiger partial charge in [0, 0.05) is 55.8 Å². The Morgan fingerprint density at radius 1 is 0.950 bits per heavy atom. The lowest BCUT2D eigenvalue weighted by Crippen LogP contribution is -2.50. The molecule has 3 fully saturated rings. The van der Waals surface area contributed by atoms with Crippen molar-refractivity contribution >= 4 is 35.5 Å². The second-order valence-electron chi connectivity index (χ2n) is 11.0. The van der Waals surface area contributed by atoms with Crippen LogP contribution in [0.4, 0.5) is 5.82 Å². The highest BCUT2D eigenvalue weighted by Gasteiger charge is 2.40. The maximum atomic E-state index is 13.7. The number of rotatable bonds is 5. The standard InChI is InChI=1S/C33H36N4O2S/c1-24-9-11-26(12-10-24)23-37-28-6-2-3-7-29(28)40-30(33(37)39)22-25-13-15-27(16-14-25)32(38)36-20-18-35(19-21-36)31-8-4-5-17-34-31/h4-5,8-17,22,28-29H,2-3,6-7,18-21,23H2,1H3/b30-22+. The minimum absolute atomic E-state index is 0.0531. The first-order valence-corrected chi connectivity index (χ1v) is 15.2. The molecule has 3 heterocycles. The van der Waals surface area contributed by atoms with E-state index in [0.29, 0.717) is 36.5 Å². The van der Waals surface area contributed by atoms with E-state index in [1.807, 2.05) is 53.4 Å². The van der Waals surface area contributed by atoms with E-state index in [0.717, 1.165) is 42.2 Å². The van der Waals surface area contributed by atoms with Gasteiger partial charge in [0.05, 0.1) is 4.91 Å². The quantitative estimate of drug-likeness (QED) is 0.376. The highest BCUT2D eigenvalue weighted by Crippen LogP contribution is 2.42. The summed E-state index contributed by atoms with van der Waals surface area (Å²) in [5.41, 5.74) is 4.05. The normalized spacial score (nSPS) is 22.4. The number of amides is 2. The highest BCUT2D eigenvalue weighted by atomic mass is 32.2. The van der Waals surface area contributed by atoms with Gasteiger partial charge in [-0.05, 0) is 61.2 Å². The molecule has 1 aliphatic carbocycles.